The van der Waals surface area contributed by atoms with Gasteiger partial charge in [-0.1, -0.05) is 6.58 Å². The molecule has 1 aliphatic rings. The van der Waals surface area contributed by atoms with Crippen molar-refractivity contribution in [1.82, 2.24) is 14.5 Å². The highest BCUT2D eigenvalue weighted by molar-refractivity contribution is 5.87. The highest BCUT2D eigenvalue weighted by Crippen LogP contribution is 2.22. The molecule has 0 N–H and O–H groups in total. The summed E-state index contributed by atoms with van der Waals surface area (Å²) in [5.41, 5.74) is 0. The topological polar surface area (TPSA) is 38.1 Å². The molecule has 0 bridgehead atoms. The molecule has 1 fully saturated rings. The first-order valence-electron chi connectivity index (χ1n) is 6.66. The predicted octanol–water partition coefficient (Wildman–Crippen LogP) is 2.09. The summed E-state index contributed by atoms with van der Waals surface area (Å²) in [7, 11) is 0. The number of aryl methyl sites for hydroxylation is 1. The van der Waals surface area contributed by atoms with Gasteiger partial charge in [0.25, 0.3) is 0 Å². The fourth-order valence-corrected chi connectivity index (χ4v) is 2.55. The first-order chi connectivity index (χ1) is 8.79. The molecule has 0 atom stereocenters. The molecule has 1 aromatic heterocycles. The van der Waals surface area contributed by atoms with Gasteiger partial charge in [0, 0.05) is 32.0 Å². The summed E-state index contributed by atoms with van der Waals surface area (Å²) in [5.74, 6) is 0.842. The van der Waals surface area contributed by atoms with Gasteiger partial charge >= 0.3 is 0 Å². The summed E-state index contributed by atoms with van der Waals surface area (Å²) in [6, 6.07) is 0. The zero-order valence-electron chi connectivity index (χ0n) is 10.8. The predicted molar refractivity (Wildman–Crippen MR) is 71.0 cm³/mol. The second-order valence-corrected chi connectivity index (χ2v) is 4.92. The molecular formula is C14H21N3O. The van der Waals surface area contributed by atoms with Crippen molar-refractivity contribution in [2.75, 3.05) is 13.1 Å². The van der Waals surface area contributed by atoms with Crippen molar-refractivity contribution < 1.29 is 4.79 Å². The molecule has 0 radical (unpaired) electrons. The number of carbonyl (C=O) groups excluding carboxylic acids is 1. The van der Waals surface area contributed by atoms with Crippen molar-refractivity contribution >= 4 is 5.91 Å². The summed E-state index contributed by atoms with van der Waals surface area (Å²) in [6.45, 7) is 6.36. The number of piperidine rings is 1. The van der Waals surface area contributed by atoms with Crippen LogP contribution in [0.15, 0.2) is 31.4 Å². The molecule has 0 saturated carbocycles. The normalized spacial score (nSPS) is 16.8. The molecule has 0 aliphatic carbocycles. The van der Waals surface area contributed by atoms with E-state index in [1.54, 1.807) is 0 Å². The van der Waals surface area contributed by atoms with Crippen molar-refractivity contribution in [2.24, 2.45) is 5.92 Å². The van der Waals surface area contributed by atoms with Gasteiger partial charge in [-0.25, -0.2) is 4.98 Å². The third-order valence-electron chi connectivity index (χ3n) is 3.69. The van der Waals surface area contributed by atoms with Gasteiger partial charge < -0.3 is 9.47 Å². The van der Waals surface area contributed by atoms with E-state index in [4.69, 9.17) is 0 Å². The smallest absolute Gasteiger partial charge is 0.245 e. The Labute approximate surface area is 108 Å². The van der Waals surface area contributed by atoms with Crippen LogP contribution in [0.25, 0.3) is 0 Å². The monoisotopic (exact) mass is 247 g/mol. The Kier molecular flexibility index (Phi) is 4.56. The standard InChI is InChI=1S/C14H21N3O/c1-2-14(18)17-9-5-13(6-10-17)4-3-8-16-11-7-15-12-16/h2,7,11-13H,1,3-6,8-10H2. The maximum atomic E-state index is 11.4. The minimum atomic E-state index is 0.0758. The molecule has 1 saturated heterocycles. The highest BCUT2D eigenvalue weighted by atomic mass is 16.2. The molecule has 0 spiro atoms. The molecule has 4 nitrogen and oxygen atoms in total. The maximum absolute atomic E-state index is 11.4. The van der Waals surface area contributed by atoms with Gasteiger partial charge in [0.05, 0.1) is 6.33 Å². The number of nitrogens with zero attached hydrogens (tertiary/aromatic N) is 3. The molecule has 1 amide bonds. The quantitative estimate of drug-likeness (QED) is 0.747. The van der Waals surface area contributed by atoms with Gasteiger partial charge in [-0.2, -0.15) is 0 Å². The van der Waals surface area contributed by atoms with Crippen LogP contribution < -0.4 is 0 Å². The Morgan fingerprint density at radius 1 is 1.44 bits per heavy atom. The second-order valence-electron chi connectivity index (χ2n) is 4.92. The third kappa shape index (κ3) is 3.45. The molecule has 1 aliphatic heterocycles. The van der Waals surface area contributed by atoms with Crippen molar-refractivity contribution in [2.45, 2.75) is 32.2 Å². The molecule has 18 heavy (non-hydrogen) atoms. The second kappa shape index (κ2) is 6.38. The van der Waals surface area contributed by atoms with Crippen LogP contribution in [-0.2, 0) is 11.3 Å². The number of hydrogen-bond acceptors (Lipinski definition) is 2. The zero-order chi connectivity index (χ0) is 12.8. The molecular weight excluding hydrogens is 226 g/mol. The number of rotatable bonds is 5. The summed E-state index contributed by atoms with van der Waals surface area (Å²) < 4.78 is 2.12. The molecule has 2 heterocycles. The lowest BCUT2D eigenvalue weighted by Crippen LogP contribution is -2.37. The number of likely N-dealkylation sites (tertiary alicyclic amines) is 1. The Morgan fingerprint density at radius 3 is 2.83 bits per heavy atom. The zero-order valence-corrected chi connectivity index (χ0v) is 10.8. The minimum Gasteiger partial charge on any atom is -0.339 e. The van der Waals surface area contributed by atoms with Crippen LogP contribution >= 0.6 is 0 Å². The van der Waals surface area contributed by atoms with Crippen LogP contribution in [-0.4, -0.2) is 33.4 Å². The molecule has 2 rings (SSSR count). The SMILES string of the molecule is C=CC(=O)N1CCC(CCCn2ccnc2)CC1. The average molecular weight is 247 g/mol. The van der Waals surface area contributed by atoms with E-state index in [-0.39, 0.29) is 5.91 Å². The lowest BCUT2D eigenvalue weighted by molar-refractivity contribution is -0.127. The summed E-state index contributed by atoms with van der Waals surface area (Å²) >= 11 is 0. The largest absolute Gasteiger partial charge is 0.339 e. The van der Waals surface area contributed by atoms with Gasteiger partial charge in [-0.3, -0.25) is 4.79 Å². The van der Waals surface area contributed by atoms with E-state index in [2.05, 4.69) is 16.1 Å². The first kappa shape index (κ1) is 12.9. The summed E-state index contributed by atoms with van der Waals surface area (Å²) in [5, 5.41) is 0. The fourth-order valence-electron chi connectivity index (χ4n) is 2.55. The number of carbonyl (C=O) groups is 1. The van der Waals surface area contributed by atoms with Gasteiger partial charge in [0.2, 0.25) is 5.91 Å². The molecule has 0 unspecified atom stereocenters. The minimum absolute atomic E-state index is 0.0758. The van der Waals surface area contributed by atoms with E-state index in [1.807, 2.05) is 23.6 Å². The van der Waals surface area contributed by atoms with Gasteiger partial charge in [0.1, 0.15) is 0 Å². The fraction of sp³-hybridized carbons (Fsp3) is 0.571. The van der Waals surface area contributed by atoms with E-state index >= 15 is 0 Å². The number of amides is 1. The number of imidazole rings is 1. The number of aromatic nitrogens is 2. The lowest BCUT2D eigenvalue weighted by atomic mass is 9.92. The average Bonchev–Trinajstić information content (AvgIpc) is 2.92. The van der Waals surface area contributed by atoms with Crippen LogP contribution in [0.3, 0.4) is 0 Å². The van der Waals surface area contributed by atoms with Crippen molar-refractivity contribution in [3.8, 4) is 0 Å². The maximum Gasteiger partial charge on any atom is 0.245 e. The third-order valence-corrected chi connectivity index (χ3v) is 3.69. The Balaban J connectivity index is 1.64. The van der Waals surface area contributed by atoms with Crippen LogP contribution in [0.2, 0.25) is 0 Å². The van der Waals surface area contributed by atoms with Gasteiger partial charge in [0.15, 0.2) is 0 Å². The van der Waals surface area contributed by atoms with E-state index in [0.29, 0.717) is 0 Å². The van der Waals surface area contributed by atoms with Crippen molar-refractivity contribution in [1.29, 1.82) is 0 Å². The lowest BCUT2D eigenvalue weighted by Gasteiger charge is -2.31. The van der Waals surface area contributed by atoms with Gasteiger partial charge in [-0.05, 0) is 37.7 Å². The van der Waals surface area contributed by atoms with Gasteiger partial charge in [-0.15, -0.1) is 0 Å². The molecule has 0 aromatic carbocycles. The summed E-state index contributed by atoms with van der Waals surface area (Å²) in [4.78, 5) is 17.4. The highest BCUT2D eigenvalue weighted by Gasteiger charge is 2.20. The van der Waals surface area contributed by atoms with E-state index in [9.17, 15) is 4.79 Å². The van der Waals surface area contributed by atoms with Crippen molar-refractivity contribution in [3.05, 3.63) is 31.4 Å². The van der Waals surface area contributed by atoms with Crippen LogP contribution in [0.4, 0.5) is 0 Å². The number of hydrogen-bond donors (Lipinski definition) is 0. The molecule has 4 heteroatoms. The van der Waals surface area contributed by atoms with Crippen molar-refractivity contribution in [3.63, 3.8) is 0 Å². The Bertz CT molecular complexity index is 378. The van der Waals surface area contributed by atoms with E-state index in [0.717, 1.165) is 38.4 Å². The summed E-state index contributed by atoms with van der Waals surface area (Å²) in [6.07, 6.45) is 11.8. The molecule has 1 aromatic rings. The Hall–Kier alpha value is -1.58. The van der Waals surface area contributed by atoms with Crippen LogP contribution in [0, 0.1) is 5.92 Å². The van der Waals surface area contributed by atoms with Crippen LogP contribution in [0.5, 0.6) is 0 Å². The van der Waals surface area contributed by atoms with E-state index < -0.39 is 0 Å². The van der Waals surface area contributed by atoms with E-state index in [1.165, 1.54) is 18.9 Å². The first-order valence-corrected chi connectivity index (χ1v) is 6.66. The van der Waals surface area contributed by atoms with Crippen LogP contribution in [0.1, 0.15) is 25.7 Å². The molecule has 98 valence electrons. The Morgan fingerprint density at radius 2 is 2.22 bits per heavy atom.